The van der Waals surface area contributed by atoms with E-state index in [1.165, 1.54) is 5.56 Å². The summed E-state index contributed by atoms with van der Waals surface area (Å²) in [7, 11) is 0. The minimum atomic E-state index is 0.614. The summed E-state index contributed by atoms with van der Waals surface area (Å²) >= 11 is 0. The number of aromatic nitrogens is 3. The Hall–Kier alpha value is -7.23. The molecular formula is C51H35N3. The molecule has 0 saturated heterocycles. The van der Waals surface area contributed by atoms with E-state index in [1.54, 1.807) is 0 Å². The van der Waals surface area contributed by atoms with Crippen molar-refractivity contribution in [3.05, 3.63) is 212 Å². The Labute approximate surface area is 316 Å². The van der Waals surface area contributed by atoms with Gasteiger partial charge in [0, 0.05) is 16.7 Å². The monoisotopic (exact) mass is 689 g/mol. The molecule has 1 heterocycles. The van der Waals surface area contributed by atoms with E-state index < -0.39 is 0 Å². The van der Waals surface area contributed by atoms with Crippen molar-refractivity contribution in [1.82, 2.24) is 15.0 Å². The summed E-state index contributed by atoms with van der Waals surface area (Å²) in [4.78, 5) is 15.7. The maximum absolute atomic E-state index is 5.30. The average molecular weight is 690 g/mol. The lowest BCUT2D eigenvalue weighted by molar-refractivity contribution is 1.07. The number of nitrogens with zero attached hydrogens (tertiary/aromatic N) is 3. The Morgan fingerprint density at radius 2 is 0.500 bits per heavy atom. The van der Waals surface area contributed by atoms with Crippen molar-refractivity contribution < 1.29 is 0 Å². The van der Waals surface area contributed by atoms with E-state index >= 15 is 0 Å². The number of rotatable bonds is 8. The zero-order chi connectivity index (χ0) is 36.1. The van der Waals surface area contributed by atoms with Crippen LogP contribution >= 0.6 is 0 Å². The van der Waals surface area contributed by atoms with Crippen LogP contribution in [0.15, 0.2) is 212 Å². The molecule has 0 amide bonds. The minimum Gasteiger partial charge on any atom is -0.208 e. The summed E-state index contributed by atoms with van der Waals surface area (Å²) in [6.45, 7) is 0. The van der Waals surface area contributed by atoms with Gasteiger partial charge in [-0.1, -0.05) is 194 Å². The fourth-order valence-electron chi connectivity index (χ4n) is 7.05. The van der Waals surface area contributed by atoms with Gasteiger partial charge in [0.25, 0.3) is 0 Å². The van der Waals surface area contributed by atoms with E-state index in [-0.39, 0.29) is 0 Å². The maximum Gasteiger partial charge on any atom is 0.164 e. The van der Waals surface area contributed by atoms with Gasteiger partial charge in [-0.05, 0) is 73.8 Å². The molecule has 0 spiro atoms. The van der Waals surface area contributed by atoms with Crippen LogP contribution < -0.4 is 0 Å². The molecule has 0 atom stereocenters. The third kappa shape index (κ3) is 6.74. The first kappa shape index (κ1) is 32.7. The van der Waals surface area contributed by atoms with E-state index in [9.17, 15) is 0 Å². The molecule has 1 aromatic heterocycles. The molecular weight excluding hydrogens is 655 g/mol. The van der Waals surface area contributed by atoms with E-state index in [0.717, 1.165) is 66.8 Å². The van der Waals surface area contributed by atoms with Gasteiger partial charge in [0.2, 0.25) is 0 Å². The SMILES string of the molecule is c1ccc(-c2ccc(-c3nc(-c4cc(-c5ccccc5)cc(-c5ccccc5)c4)nc(-c4ccccc4-c4ccccc4-c4ccccc4)n3)cc2)cc1. The van der Waals surface area contributed by atoms with E-state index in [0.29, 0.717) is 17.5 Å². The highest BCUT2D eigenvalue weighted by atomic mass is 15.0. The van der Waals surface area contributed by atoms with Crippen molar-refractivity contribution in [2.45, 2.75) is 0 Å². The van der Waals surface area contributed by atoms with Crippen LogP contribution in [0, 0.1) is 0 Å². The second-order valence-electron chi connectivity index (χ2n) is 13.2. The molecule has 0 aliphatic heterocycles. The predicted octanol–water partition coefficient (Wildman–Crippen LogP) is 13.2. The lowest BCUT2D eigenvalue weighted by Crippen LogP contribution is -2.02. The minimum absolute atomic E-state index is 0.614. The lowest BCUT2D eigenvalue weighted by Gasteiger charge is -2.16. The van der Waals surface area contributed by atoms with Gasteiger partial charge in [0.15, 0.2) is 17.5 Å². The van der Waals surface area contributed by atoms with Gasteiger partial charge in [-0.2, -0.15) is 0 Å². The summed E-state index contributed by atoms with van der Waals surface area (Å²) in [5.41, 5.74) is 14.0. The molecule has 0 bridgehead atoms. The van der Waals surface area contributed by atoms with E-state index in [1.807, 2.05) is 18.2 Å². The van der Waals surface area contributed by atoms with Crippen LogP contribution in [0.3, 0.4) is 0 Å². The fourth-order valence-corrected chi connectivity index (χ4v) is 7.05. The highest BCUT2D eigenvalue weighted by Crippen LogP contribution is 2.39. The van der Waals surface area contributed by atoms with Crippen LogP contribution in [0.4, 0.5) is 0 Å². The standard InChI is InChI=1S/C51H35N3/c1-5-17-36(18-6-1)39-29-31-41(32-30-39)49-52-50(44-34-42(37-19-7-2-8-20-37)33-43(35-44)38-21-9-3-10-22-38)54-51(53-49)48-28-16-15-27-47(48)46-26-14-13-25-45(46)40-23-11-4-12-24-40/h1-35H. The van der Waals surface area contributed by atoms with Gasteiger partial charge in [-0.25, -0.2) is 15.0 Å². The Bertz CT molecular complexity index is 2620. The van der Waals surface area contributed by atoms with Gasteiger partial charge in [-0.15, -0.1) is 0 Å². The maximum atomic E-state index is 5.30. The summed E-state index contributed by atoms with van der Waals surface area (Å²) in [6.07, 6.45) is 0. The molecule has 0 aliphatic rings. The zero-order valence-corrected chi connectivity index (χ0v) is 29.5. The second-order valence-corrected chi connectivity index (χ2v) is 13.2. The van der Waals surface area contributed by atoms with Crippen LogP contribution in [-0.2, 0) is 0 Å². The third-order valence-electron chi connectivity index (χ3n) is 9.76. The third-order valence-corrected chi connectivity index (χ3v) is 9.76. The Balaban J connectivity index is 1.25. The quantitative estimate of drug-likeness (QED) is 0.159. The van der Waals surface area contributed by atoms with Crippen molar-refractivity contribution in [3.8, 4) is 89.8 Å². The van der Waals surface area contributed by atoms with Gasteiger partial charge >= 0.3 is 0 Å². The molecule has 8 aromatic carbocycles. The zero-order valence-electron chi connectivity index (χ0n) is 29.5. The average Bonchev–Trinajstić information content (AvgIpc) is 3.27. The van der Waals surface area contributed by atoms with E-state index in [2.05, 4.69) is 194 Å². The van der Waals surface area contributed by atoms with Gasteiger partial charge in [0.1, 0.15) is 0 Å². The molecule has 9 rings (SSSR count). The van der Waals surface area contributed by atoms with Gasteiger partial charge in [0.05, 0.1) is 0 Å². The molecule has 0 fully saturated rings. The highest BCUT2D eigenvalue weighted by Gasteiger charge is 2.19. The fraction of sp³-hybridized carbons (Fsp3) is 0. The number of hydrogen-bond donors (Lipinski definition) is 0. The number of benzene rings is 8. The van der Waals surface area contributed by atoms with Crippen molar-refractivity contribution >= 4 is 0 Å². The van der Waals surface area contributed by atoms with Crippen molar-refractivity contribution in [1.29, 1.82) is 0 Å². The molecule has 3 nitrogen and oxygen atoms in total. The summed E-state index contributed by atoms with van der Waals surface area (Å²) < 4.78 is 0. The van der Waals surface area contributed by atoms with Gasteiger partial charge in [-0.3, -0.25) is 0 Å². The summed E-state index contributed by atoms with van der Waals surface area (Å²) in [5, 5.41) is 0. The predicted molar refractivity (Wildman–Crippen MR) is 223 cm³/mol. The molecule has 9 aromatic rings. The molecule has 54 heavy (non-hydrogen) atoms. The van der Waals surface area contributed by atoms with Crippen molar-refractivity contribution in [2.75, 3.05) is 0 Å². The Kier molecular flexibility index (Phi) is 8.94. The Morgan fingerprint density at radius 3 is 1.02 bits per heavy atom. The van der Waals surface area contributed by atoms with Crippen LogP contribution in [0.25, 0.3) is 89.8 Å². The van der Waals surface area contributed by atoms with Crippen LogP contribution in [-0.4, -0.2) is 15.0 Å². The van der Waals surface area contributed by atoms with Crippen LogP contribution in [0.5, 0.6) is 0 Å². The molecule has 0 saturated carbocycles. The van der Waals surface area contributed by atoms with Crippen LogP contribution in [0.2, 0.25) is 0 Å². The first-order valence-corrected chi connectivity index (χ1v) is 18.2. The molecule has 0 aliphatic carbocycles. The van der Waals surface area contributed by atoms with Gasteiger partial charge < -0.3 is 0 Å². The normalized spacial score (nSPS) is 11.0. The smallest absolute Gasteiger partial charge is 0.164 e. The van der Waals surface area contributed by atoms with E-state index in [4.69, 9.17) is 15.0 Å². The molecule has 0 unspecified atom stereocenters. The number of hydrogen-bond acceptors (Lipinski definition) is 3. The second kappa shape index (κ2) is 14.8. The largest absolute Gasteiger partial charge is 0.208 e. The molecule has 254 valence electrons. The summed E-state index contributed by atoms with van der Waals surface area (Å²) in [6, 6.07) is 74.0. The van der Waals surface area contributed by atoms with Crippen LogP contribution in [0.1, 0.15) is 0 Å². The molecule has 0 radical (unpaired) electrons. The molecule has 0 N–H and O–H groups in total. The highest BCUT2D eigenvalue weighted by molar-refractivity contribution is 5.91. The van der Waals surface area contributed by atoms with Crippen molar-refractivity contribution in [2.24, 2.45) is 0 Å². The lowest BCUT2D eigenvalue weighted by atomic mass is 9.91. The summed E-state index contributed by atoms with van der Waals surface area (Å²) in [5.74, 6) is 1.85. The Morgan fingerprint density at radius 1 is 0.185 bits per heavy atom. The molecule has 3 heteroatoms. The first-order valence-electron chi connectivity index (χ1n) is 18.2. The van der Waals surface area contributed by atoms with Crippen molar-refractivity contribution in [3.63, 3.8) is 0 Å². The topological polar surface area (TPSA) is 38.7 Å². The first-order chi connectivity index (χ1) is 26.8.